The van der Waals surface area contributed by atoms with Gasteiger partial charge in [0.25, 0.3) is 0 Å². The third kappa shape index (κ3) is 132. The van der Waals surface area contributed by atoms with Gasteiger partial charge < -0.3 is 12.0 Å². The van der Waals surface area contributed by atoms with Crippen LogP contribution >= 0.6 is 0 Å². The molecule has 0 heterocycles. The molecule has 0 aromatic rings. The smallest absolute Gasteiger partial charge is 0.854 e. The second kappa shape index (κ2) is 15.9. The second-order valence-corrected chi connectivity index (χ2v) is 2.10. The molecule has 0 spiro atoms. The molecule has 1 nitrogen and oxygen atoms in total. The van der Waals surface area contributed by atoms with Crippen molar-refractivity contribution in [2.45, 2.75) is 27.2 Å². The van der Waals surface area contributed by atoms with E-state index in [1.807, 2.05) is 6.92 Å². The van der Waals surface area contributed by atoms with E-state index in [0.717, 1.165) is 6.42 Å². The van der Waals surface area contributed by atoms with Crippen molar-refractivity contribution in [3.8, 4) is 0 Å². The summed E-state index contributed by atoms with van der Waals surface area (Å²) >= 11 is 0. The van der Waals surface area contributed by atoms with Crippen molar-refractivity contribution in [2.24, 2.45) is 5.92 Å². The van der Waals surface area contributed by atoms with E-state index in [9.17, 15) is 5.11 Å². The Labute approximate surface area is 75.0 Å². The normalized spacial score (nSPS) is 7.33. The van der Waals surface area contributed by atoms with E-state index >= 15 is 0 Å². The van der Waals surface area contributed by atoms with Crippen LogP contribution in [0.1, 0.15) is 27.2 Å². The molecule has 0 aromatic heterocycles. The molecule has 2 heteroatoms. The van der Waals surface area contributed by atoms with Crippen LogP contribution in [0.5, 0.6) is 0 Å². The van der Waals surface area contributed by atoms with Crippen LogP contribution in [-0.2, 0) is 0 Å². The molecule has 0 unspecified atom stereocenters. The predicted molar refractivity (Wildman–Crippen MR) is 41.1 cm³/mol. The van der Waals surface area contributed by atoms with Gasteiger partial charge in [-0.25, -0.2) is 0 Å². The first kappa shape index (κ1) is 16.4. The Morgan fingerprint density at radius 2 is 1.56 bits per heavy atom. The van der Waals surface area contributed by atoms with Gasteiger partial charge in [-0.2, -0.15) is 5.92 Å². The van der Waals surface area contributed by atoms with Gasteiger partial charge in [0.05, 0.1) is 0 Å². The van der Waals surface area contributed by atoms with Crippen LogP contribution in [0.3, 0.4) is 0 Å². The maximum atomic E-state index is 9.30. The summed E-state index contributed by atoms with van der Waals surface area (Å²) in [5.41, 5.74) is 0. The van der Waals surface area contributed by atoms with Gasteiger partial charge in [0, 0.05) is 0 Å². The quantitative estimate of drug-likeness (QED) is 0.391. The third-order valence-electron chi connectivity index (χ3n) is 0.204. The Hall–Kier alpha value is 0.726. The average molecular weight is 141 g/mol. The van der Waals surface area contributed by atoms with Crippen molar-refractivity contribution in [1.29, 1.82) is 0 Å². The van der Waals surface area contributed by atoms with Crippen molar-refractivity contribution in [3.63, 3.8) is 0 Å². The van der Waals surface area contributed by atoms with Crippen molar-refractivity contribution >= 4 is 23.1 Å². The molecule has 0 saturated carbocycles. The minimum atomic E-state index is 0. The first-order chi connectivity index (χ1) is 3.65. The van der Waals surface area contributed by atoms with E-state index in [1.54, 1.807) is 0 Å². The summed E-state index contributed by atoms with van der Waals surface area (Å²) in [6, 6.07) is 0. The van der Waals surface area contributed by atoms with E-state index in [-0.39, 0.29) is 29.7 Å². The molecule has 0 N–H and O–H groups in total. The molecule has 0 aliphatic heterocycles. The molecule has 52 valence electrons. The summed E-state index contributed by atoms with van der Waals surface area (Å²) in [5.74, 6) is 0.583. The summed E-state index contributed by atoms with van der Waals surface area (Å²) in [6.07, 6.45) is 0.764. The van der Waals surface area contributed by atoms with E-state index in [4.69, 9.17) is 0 Å². The van der Waals surface area contributed by atoms with Gasteiger partial charge in [-0.15, -0.1) is 6.61 Å². The van der Waals surface area contributed by atoms with Gasteiger partial charge in [0.1, 0.15) is 0 Å². The van der Waals surface area contributed by atoms with Crippen LogP contribution in [0, 0.1) is 12.8 Å². The minimum absolute atomic E-state index is 0. The maximum Gasteiger partial charge on any atom is 2.00 e. The molecule has 0 aliphatic carbocycles. The largest absolute Gasteiger partial charge is 2.00 e. The van der Waals surface area contributed by atoms with E-state index in [0.29, 0.717) is 5.92 Å². The van der Waals surface area contributed by atoms with Crippen molar-refractivity contribution < 1.29 is 5.11 Å². The number of hydrogen-bond acceptors (Lipinski definition) is 1. The Kier molecular flexibility index (Phi) is 28.9. The minimum Gasteiger partial charge on any atom is -0.854 e. The predicted octanol–water partition coefficient (Wildman–Crippen LogP) is 0.852. The van der Waals surface area contributed by atoms with Crippen molar-refractivity contribution in [3.05, 3.63) is 6.92 Å². The molecule has 0 aliphatic rings. The third-order valence-corrected chi connectivity index (χ3v) is 0.204. The van der Waals surface area contributed by atoms with Gasteiger partial charge in [-0.3, -0.25) is 0 Å². The standard InChI is InChI=1S/C4H9.C3H7O.Mg/c1-4(2)3;1-2-3-4;/h4H,1H2,2-3H3;2-3H2,1H3;/q2*-1;+2. The zero-order valence-electron chi connectivity index (χ0n) is 6.81. The molecule has 9 heavy (non-hydrogen) atoms. The van der Waals surface area contributed by atoms with Crippen LogP contribution in [0.2, 0.25) is 0 Å². The van der Waals surface area contributed by atoms with E-state index in [2.05, 4.69) is 20.8 Å². The topological polar surface area (TPSA) is 23.1 Å². The molecular formula is C7H16MgO. The Morgan fingerprint density at radius 1 is 1.44 bits per heavy atom. The van der Waals surface area contributed by atoms with Crippen LogP contribution in [-0.4, -0.2) is 29.7 Å². The van der Waals surface area contributed by atoms with Gasteiger partial charge in [0.2, 0.25) is 0 Å². The number of rotatable bonds is 1. The van der Waals surface area contributed by atoms with Crippen LogP contribution in [0.15, 0.2) is 0 Å². The average Bonchev–Trinajstić information content (AvgIpc) is 1.65. The molecule has 0 fully saturated rings. The van der Waals surface area contributed by atoms with E-state index in [1.165, 1.54) is 0 Å². The summed E-state index contributed by atoms with van der Waals surface area (Å²) in [6.45, 7) is 9.69. The first-order valence-corrected chi connectivity index (χ1v) is 3.06. The fraction of sp³-hybridized carbons (Fsp3) is 0.857. The zero-order valence-corrected chi connectivity index (χ0v) is 8.23. The summed E-state index contributed by atoms with van der Waals surface area (Å²) in [7, 11) is 0. The Balaban J connectivity index is -0.0000000720. The summed E-state index contributed by atoms with van der Waals surface area (Å²) < 4.78 is 0. The molecule has 0 saturated heterocycles. The molecule has 0 rings (SSSR count). The first-order valence-electron chi connectivity index (χ1n) is 3.06. The van der Waals surface area contributed by atoms with Crippen molar-refractivity contribution in [1.82, 2.24) is 0 Å². The fourth-order valence-electron chi connectivity index (χ4n) is 0. The van der Waals surface area contributed by atoms with Gasteiger partial charge >= 0.3 is 23.1 Å². The monoisotopic (exact) mass is 140 g/mol. The molecule has 0 radical (unpaired) electrons. The molecule has 0 atom stereocenters. The fourth-order valence-corrected chi connectivity index (χ4v) is 0. The van der Waals surface area contributed by atoms with Gasteiger partial charge in [0.15, 0.2) is 0 Å². The zero-order chi connectivity index (χ0) is 6.99. The van der Waals surface area contributed by atoms with Crippen LogP contribution < -0.4 is 5.11 Å². The van der Waals surface area contributed by atoms with Crippen molar-refractivity contribution in [2.75, 3.05) is 6.61 Å². The second-order valence-electron chi connectivity index (χ2n) is 2.10. The summed E-state index contributed by atoms with van der Waals surface area (Å²) in [4.78, 5) is 0. The van der Waals surface area contributed by atoms with Gasteiger partial charge in [-0.05, 0) is 0 Å². The van der Waals surface area contributed by atoms with E-state index < -0.39 is 0 Å². The SMILES string of the molecule is CCC[O-].[CH2-]C(C)C.[Mg+2]. The number of hydrogen-bond donors (Lipinski definition) is 0. The Bertz CT molecular complexity index is 25.3. The van der Waals surface area contributed by atoms with Crippen LogP contribution in [0.25, 0.3) is 0 Å². The molecule has 0 bridgehead atoms. The Morgan fingerprint density at radius 3 is 1.56 bits per heavy atom. The molecule has 0 aromatic carbocycles. The van der Waals surface area contributed by atoms with Gasteiger partial charge in [-0.1, -0.05) is 27.2 Å². The maximum absolute atomic E-state index is 9.30. The molecule has 0 amide bonds. The van der Waals surface area contributed by atoms with Crippen LogP contribution in [0.4, 0.5) is 0 Å². The summed E-state index contributed by atoms with van der Waals surface area (Å²) in [5, 5.41) is 9.30. The molecular weight excluding hydrogens is 124 g/mol.